The highest BCUT2D eigenvalue weighted by atomic mass is 16.3. The van der Waals surface area contributed by atoms with Gasteiger partial charge in [-0.15, -0.1) is 0 Å². The second-order valence-electron chi connectivity index (χ2n) is 4.94. The maximum atomic E-state index is 10.00. The van der Waals surface area contributed by atoms with E-state index < -0.39 is 0 Å². The average molecular weight is 271 g/mol. The lowest BCUT2D eigenvalue weighted by molar-refractivity contribution is 0.297. The van der Waals surface area contributed by atoms with Crippen LogP contribution >= 0.6 is 0 Å². The summed E-state index contributed by atoms with van der Waals surface area (Å²) in [6.07, 6.45) is 0.870. The zero-order chi connectivity index (χ0) is 14.4. The smallest absolute Gasteiger partial charge is 0.138 e. The zero-order valence-corrected chi connectivity index (χ0v) is 11.7. The van der Waals surface area contributed by atoms with Crippen molar-refractivity contribution in [3.05, 3.63) is 60.2 Å². The average Bonchev–Trinajstić information content (AvgIpc) is 2.47. The molecule has 2 rings (SSSR count). The number of aromatic hydroxyl groups is 1. The van der Waals surface area contributed by atoms with E-state index >= 15 is 0 Å². The molecule has 0 aliphatic carbocycles. The fourth-order valence-corrected chi connectivity index (χ4v) is 2.46. The lowest BCUT2D eigenvalue weighted by Gasteiger charge is -2.31. The van der Waals surface area contributed by atoms with Gasteiger partial charge in [0.25, 0.3) is 0 Å². The molecule has 0 bridgehead atoms. The van der Waals surface area contributed by atoms with Crippen molar-refractivity contribution in [2.75, 3.05) is 18.1 Å². The molecule has 0 amide bonds. The third-order valence-electron chi connectivity index (χ3n) is 3.44. The van der Waals surface area contributed by atoms with Crippen LogP contribution < -0.4 is 4.90 Å². The molecular formula is C17H21NO2. The number of rotatable bonds is 6. The van der Waals surface area contributed by atoms with Gasteiger partial charge in [-0.25, -0.2) is 0 Å². The first-order chi connectivity index (χ1) is 9.72. The molecule has 3 nitrogen and oxygen atoms in total. The monoisotopic (exact) mass is 271 g/mol. The van der Waals surface area contributed by atoms with E-state index in [1.54, 1.807) is 12.1 Å². The van der Waals surface area contributed by atoms with Gasteiger partial charge in [0, 0.05) is 12.6 Å². The first-order valence-corrected chi connectivity index (χ1v) is 6.92. The molecule has 3 heteroatoms. The van der Waals surface area contributed by atoms with E-state index in [0.29, 0.717) is 6.54 Å². The zero-order valence-electron chi connectivity index (χ0n) is 11.7. The number of nitrogens with zero attached hydrogens (tertiary/aromatic N) is 1. The number of hydrogen-bond acceptors (Lipinski definition) is 3. The van der Waals surface area contributed by atoms with Crippen molar-refractivity contribution in [1.29, 1.82) is 0 Å². The molecule has 2 N–H and O–H groups in total. The Kier molecular flexibility index (Phi) is 5.02. The topological polar surface area (TPSA) is 43.7 Å². The molecule has 0 radical (unpaired) electrons. The first kappa shape index (κ1) is 14.4. The van der Waals surface area contributed by atoms with Gasteiger partial charge in [-0.1, -0.05) is 42.5 Å². The molecule has 0 aromatic heterocycles. The summed E-state index contributed by atoms with van der Waals surface area (Å²) in [5.41, 5.74) is 2.02. The Morgan fingerprint density at radius 2 is 1.65 bits per heavy atom. The molecule has 0 heterocycles. The highest BCUT2D eigenvalue weighted by Gasteiger charge is 2.17. The van der Waals surface area contributed by atoms with E-state index in [2.05, 4.69) is 19.1 Å². The third-order valence-corrected chi connectivity index (χ3v) is 3.44. The van der Waals surface area contributed by atoms with Gasteiger partial charge in [0.2, 0.25) is 0 Å². The van der Waals surface area contributed by atoms with E-state index in [4.69, 9.17) is 0 Å². The molecule has 20 heavy (non-hydrogen) atoms. The predicted octanol–water partition coefficient (Wildman–Crippen LogP) is 2.82. The summed E-state index contributed by atoms with van der Waals surface area (Å²) in [7, 11) is 0. The standard InChI is InChI=1S/C17H21NO2/c1-14(13-15-7-3-2-4-8-15)18(11-12-19)16-9-5-6-10-17(16)20/h2-10,14,19-20H,11-13H2,1H3. The molecule has 0 spiro atoms. The summed E-state index contributed by atoms with van der Waals surface area (Å²) in [5.74, 6) is 0.251. The Morgan fingerprint density at radius 1 is 1.00 bits per heavy atom. The summed E-state index contributed by atoms with van der Waals surface area (Å²) in [6.45, 7) is 2.67. The number of phenols is 1. The fraction of sp³-hybridized carbons (Fsp3) is 0.294. The van der Waals surface area contributed by atoms with Crippen molar-refractivity contribution in [1.82, 2.24) is 0 Å². The Labute approximate surface area is 120 Å². The second-order valence-corrected chi connectivity index (χ2v) is 4.94. The van der Waals surface area contributed by atoms with Crippen molar-refractivity contribution >= 4 is 5.69 Å². The molecule has 0 saturated heterocycles. The molecule has 106 valence electrons. The number of phenolic OH excluding ortho intramolecular Hbond substituents is 1. The minimum Gasteiger partial charge on any atom is -0.506 e. The van der Waals surface area contributed by atoms with Gasteiger partial charge in [0.15, 0.2) is 0 Å². The first-order valence-electron chi connectivity index (χ1n) is 6.92. The summed E-state index contributed by atoms with van der Waals surface area (Å²) in [6, 6.07) is 17.7. The van der Waals surface area contributed by atoms with Crippen LogP contribution in [-0.2, 0) is 6.42 Å². The van der Waals surface area contributed by atoms with Crippen molar-refractivity contribution in [3.8, 4) is 5.75 Å². The molecule has 0 aliphatic rings. The summed E-state index contributed by atoms with van der Waals surface area (Å²) >= 11 is 0. The van der Waals surface area contributed by atoms with Crippen molar-refractivity contribution < 1.29 is 10.2 Å². The number of aliphatic hydroxyl groups excluding tert-OH is 1. The Balaban J connectivity index is 2.18. The lowest BCUT2D eigenvalue weighted by Crippen LogP contribution is -2.37. The van der Waals surface area contributed by atoms with E-state index in [1.165, 1.54) is 5.56 Å². The maximum Gasteiger partial charge on any atom is 0.138 e. The van der Waals surface area contributed by atoms with Crippen LogP contribution in [0.1, 0.15) is 12.5 Å². The minimum absolute atomic E-state index is 0.0630. The van der Waals surface area contributed by atoms with Crippen molar-refractivity contribution in [2.24, 2.45) is 0 Å². The van der Waals surface area contributed by atoms with Crippen LogP contribution in [0.2, 0.25) is 0 Å². The largest absolute Gasteiger partial charge is 0.506 e. The predicted molar refractivity (Wildman–Crippen MR) is 82.1 cm³/mol. The normalized spacial score (nSPS) is 12.1. The highest BCUT2D eigenvalue weighted by molar-refractivity contribution is 5.58. The second kappa shape index (κ2) is 6.96. The molecule has 0 fully saturated rings. The number of para-hydroxylation sites is 2. The van der Waals surface area contributed by atoms with Crippen molar-refractivity contribution in [3.63, 3.8) is 0 Å². The van der Waals surface area contributed by atoms with Crippen LogP contribution in [0, 0.1) is 0 Å². The molecule has 1 atom stereocenters. The van der Waals surface area contributed by atoms with Crippen LogP contribution in [0.25, 0.3) is 0 Å². The van der Waals surface area contributed by atoms with Crippen LogP contribution in [0.5, 0.6) is 5.75 Å². The van der Waals surface area contributed by atoms with E-state index in [1.807, 2.05) is 35.2 Å². The van der Waals surface area contributed by atoms with E-state index in [-0.39, 0.29) is 18.4 Å². The quantitative estimate of drug-likeness (QED) is 0.849. The van der Waals surface area contributed by atoms with Gasteiger partial charge < -0.3 is 15.1 Å². The van der Waals surface area contributed by atoms with Crippen LogP contribution in [0.15, 0.2) is 54.6 Å². The van der Waals surface area contributed by atoms with Gasteiger partial charge in [-0.3, -0.25) is 0 Å². The third kappa shape index (κ3) is 3.52. The SMILES string of the molecule is CC(Cc1ccccc1)N(CCO)c1ccccc1O. The highest BCUT2D eigenvalue weighted by Crippen LogP contribution is 2.28. The molecule has 0 saturated carbocycles. The Morgan fingerprint density at radius 3 is 2.30 bits per heavy atom. The molecule has 2 aromatic rings. The molecular weight excluding hydrogens is 250 g/mol. The Bertz CT molecular complexity index is 528. The Hall–Kier alpha value is -2.00. The van der Waals surface area contributed by atoms with Gasteiger partial charge in [-0.2, -0.15) is 0 Å². The van der Waals surface area contributed by atoms with Gasteiger partial charge in [0.1, 0.15) is 5.75 Å². The minimum atomic E-state index is 0.0630. The maximum absolute atomic E-state index is 10.00. The van der Waals surface area contributed by atoms with E-state index in [9.17, 15) is 10.2 Å². The number of benzene rings is 2. The number of hydrogen-bond donors (Lipinski definition) is 2. The molecule has 2 aromatic carbocycles. The fourth-order valence-electron chi connectivity index (χ4n) is 2.46. The number of anilines is 1. The van der Waals surface area contributed by atoms with Gasteiger partial charge >= 0.3 is 0 Å². The van der Waals surface area contributed by atoms with Gasteiger partial charge in [0.05, 0.1) is 12.3 Å². The summed E-state index contributed by atoms with van der Waals surface area (Å²) in [4.78, 5) is 2.04. The van der Waals surface area contributed by atoms with E-state index in [0.717, 1.165) is 12.1 Å². The molecule has 0 aliphatic heterocycles. The molecule has 1 unspecified atom stereocenters. The summed E-state index contributed by atoms with van der Waals surface area (Å²) in [5, 5.41) is 19.3. The van der Waals surface area contributed by atoms with Crippen LogP contribution in [0.4, 0.5) is 5.69 Å². The summed E-state index contributed by atoms with van der Waals surface area (Å²) < 4.78 is 0. The van der Waals surface area contributed by atoms with Crippen LogP contribution in [0.3, 0.4) is 0 Å². The van der Waals surface area contributed by atoms with Gasteiger partial charge in [-0.05, 0) is 31.0 Å². The van der Waals surface area contributed by atoms with Crippen LogP contribution in [-0.4, -0.2) is 29.4 Å². The van der Waals surface area contributed by atoms with Crippen molar-refractivity contribution in [2.45, 2.75) is 19.4 Å². The lowest BCUT2D eigenvalue weighted by atomic mass is 10.1. The number of aliphatic hydroxyl groups is 1.